The Bertz CT molecular complexity index is 1560. The molecule has 2 aromatic carbocycles. The van der Waals surface area contributed by atoms with Crippen molar-refractivity contribution in [3.8, 4) is 11.3 Å². The quantitative estimate of drug-likeness (QED) is 0.197. The molecule has 0 radical (unpaired) electrons. The van der Waals surface area contributed by atoms with Crippen molar-refractivity contribution in [2.45, 2.75) is 39.7 Å². The molecule has 11 heteroatoms. The van der Waals surface area contributed by atoms with Gasteiger partial charge >= 0.3 is 11.9 Å². The van der Waals surface area contributed by atoms with Crippen molar-refractivity contribution in [3.05, 3.63) is 74.7 Å². The van der Waals surface area contributed by atoms with Gasteiger partial charge in [-0.05, 0) is 53.0 Å². The molecule has 0 aliphatic heterocycles. The number of unbranched alkanes of at least 4 members (excludes halogenated alkanes) is 1. The summed E-state index contributed by atoms with van der Waals surface area (Å²) < 4.78 is 18.4. The first kappa shape index (κ1) is 29.4. The molecule has 0 bridgehead atoms. The van der Waals surface area contributed by atoms with Gasteiger partial charge in [0.2, 0.25) is 0 Å². The third-order valence-electron chi connectivity index (χ3n) is 6.28. The van der Waals surface area contributed by atoms with Gasteiger partial charge < -0.3 is 23.8 Å². The average molecular weight is 631 g/mol. The maximum Gasteiger partial charge on any atom is 0.338 e. The summed E-state index contributed by atoms with van der Waals surface area (Å²) in [4.78, 5) is 41.7. The Balaban J connectivity index is 1.71. The van der Waals surface area contributed by atoms with Gasteiger partial charge in [0.15, 0.2) is 5.15 Å². The highest BCUT2D eigenvalue weighted by molar-refractivity contribution is 9.10. The van der Waals surface area contributed by atoms with Gasteiger partial charge in [-0.15, -0.1) is 0 Å². The number of esters is 2. The third kappa shape index (κ3) is 6.23. The van der Waals surface area contributed by atoms with E-state index in [1.54, 1.807) is 29.7 Å². The van der Waals surface area contributed by atoms with Crippen molar-refractivity contribution in [2.24, 2.45) is 0 Å². The van der Waals surface area contributed by atoms with E-state index in [2.05, 4.69) is 33.2 Å². The van der Waals surface area contributed by atoms with Crippen LogP contribution in [0.3, 0.4) is 0 Å². The minimum absolute atomic E-state index is 0.0692. The Hall–Kier alpha value is -3.63. The summed E-state index contributed by atoms with van der Waals surface area (Å²) in [5.74, 6) is -0.340. The number of hydrogen-bond donors (Lipinski definition) is 1. The number of methoxy groups -OCH3 is 1. The van der Waals surface area contributed by atoms with E-state index in [9.17, 15) is 14.4 Å². The number of furan rings is 1. The lowest BCUT2D eigenvalue weighted by Crippen LogP contribution is -2.32. The first-order valence-electron chi connectivity index (χ1n) is 12.9. The molecule has 0 aliphatic carbocycles. The van der Waals surface area contributed by atoms with Crippen LogP contribution in [0, 0.1) is 0 Å². The van der Waals surface area contributed by atoms with E-state index in [0.717, 1.165) is 23.8 Å². The molecule has 0 spiro atoms. The van der Waals surface area contributed by atoms with E-state index in [0.29, 0.717) is 45.7 Å². The molecule has 0 unspecified atom stereocenters. The highest BCUT2D eigenvalue weighted by Crippen LogP contribution is 2.39. The van der Waals surface area contributed by atoms with Crippen LogP contribution >= 0.6 is 27.5 Å². The number of nitrogens with zero attached hydrogens (tertiary/aromatic N) is 2. The van der Waals surface area contributed by atoms with E-state index in [4.69, 9.17) is 25.5 Å². The van der Waals surface area contributed by atoms with Crippen molar-refractivity contribution >= 4 is 56.3 Å². The van der Waals surface area contributed by atoms with Crippen LogP contribution in [0.4, 0.5) is 0 Å². The summed E-state index contributed by atoms with van der Waals surface area (Å²) in [7, 11) is 1.33. The molecule has 1 amide bonds. The van der Waals surface area contributed by atoms with Crippen molar-refractivity contribution in [3.63, 3.8) is 0 Å². The summed E-state index contributed by atoms with van der Waals surface area (Å²) in [6.45, 7) is 4.02. The second kappa shape index (κ2) is 13.1. The molecule has 2 aromatic heterocycles. The Kier molecular flexibility index (Phi) is 9.65. The number of ether oxygens (including phenoxy) is 2. The van der Waals surface area contributed by atoms with Crippen LogP contribution in [-0.4, -0.2) is 47.7 Å². The third-order valence-corrected chi connectivity index (χ3v) is 7.33. The normalized spacial score (nSPS) is 11.0. The van der Waals surface area contributed by atoms with Gasteiger partial charge in [0.05, 0.1) is 23.8 Å². The van der Waals surface area contributed by atoms with Gasteiger partial charge in [0.1, 0.15) is 29.4 Å². The van der Waals surface area contributed by atoms with Gasteiger partial charge in [-0.25, -0.2) is 9.78 Å². The zero-order valence-corrected chi connectivity index (χ0v) is 24.7. The van der Waals surface area contributed by atoms with Gasteiger partial charge in [-0.2, -0.15) is 0 Å². The highest BCUT2D eigenvalue weighted by Gasteiger charge is 2.24. The number of aromatic nitrogens is 2. The minimum Gasteiger partial charge on any atom is -0.465 e. The fraction of sp³-hybridized carbons (Fsp3) is 0.310. The van der Waals surface area contributed by atoms with E-state index in [1.165, 1.54) is 7.11 Å². The molecule has 0 aliphatic rings. The molecule has 9 nitrogen and oxygen atoms in total. The predicted molar refractivity (Wildman–Crippen MR) is 155 cm³/mol. The predicted octanol–water partition coefficient (Wildman–Crippen LogP) is 6.18. The topological polar surface area (TPSA) is 113 Å². The van der Waals surface area contributed by atoms with Crippen LogP contribution in [0.2, 0.25) is 5.15 Å². The summed E-state index contributed by atoms with van der Waals surface area (Å²) in [5.41, 5.74) is 2.65. The van der Waals surface area contributed by atoms with Crippen molar-refractivity contribution in [2.75, 3.05) is 20.3 Å². The van der Waals surface area contributed by atoms with E-state index in [1.807, 2.05) is 24.3 Å². The Morgan fingerprint density at radius 1 is 1.15 bits per heavy atom. The van der Waals surface area contributed by atoms with E-state index >= 15 is 0 Å². The standard InChI is InChI=1S/C29H29BrClN3O6/c1-4-6-11-22-33-27(31)25(28(36)32-15-23(35)39-5-2)34(22)16-17-12-13-21-20(14-17)24(30)26(40-21)18-9-7-8-10-19(18)29(37)38-3/h7-10,12-14H,4-6,11,15-16H2,1-3H3,(H,32,36). The number of nitrogens with one attached hydrogen (secondary N) is 1. The zero-order chi connectivity index (χ0) is 28.8. The fourth-order valence-electron chi connectivity index (χ4n) is 4.37. The molecular weight excluding hydrogens is 602 g/mol. The Morgan fingerprint density at radius 2 is 1.93 bits per heavy atom. The zero-order valence-electron chi connectivity index (χ0n) is 22.4. The summed E-state index contributed by atoms with van der Waals surface area (Å²) >= 11 is 10.1. The number of imidazole rings is 1. The van der Waals surface area contributed by atoms with Crippen LogP contribution in [0.15, 0.2) is 51.4 Å². The number of amides is 1. The second-order valence-corrected chi connectivity index (χ2v) is 10.1. The second-order valence-electron chi connectivity index (χ2n) is 8.96. The SMILES string of the molecule is CCCCc1nc(Cl)c(C(=O)NCC(=O)OCC)n1Cc1ccc2oc(-c3ccccc3C(=O)OC)c(Br)c2c1. The Morgan fingerprint density at radius 3 is 2.65 bits per heavy atom. The molecule has 40 heavy (non-hydrogen) atoms. The fourth-order valence-corrected chi connectivity index (χ4v) is 5.26. The van der Waals surface area contributed by atoms with Gasteiger partial charge in [-0.3, -0.25) is 9.59 Å². The molecule has 0 saturated carbocycles. The average Bonchev–Trinajstić information content (AvgIpc) is 3.45. The lowest BCUT2D eigenvalue weighted by Gasteiger charge is -2.13. The molecule has 2 heterocycles. The lowest BCUT2D eigenvalue weighted by molar-refractivity contribution is -0.141. The number of carbonyl (C=O) groups is 3. The van der Waals surface area contributed by atoms with Crippen LogP contribution in [0.5, 0.6) is 0 Å². The monoisotopic (exact) mass is 629 g/mol. The Labute approximate surface area is 244 Å². The van der Waals surface area contributed by atoms with Gasteiger partial charge in [0.25, 0.3) is 5.91 Å². The van der Waals surface area contributed by atoms with Gasteiger partial charge in [-0.1, -0.05) is 49.2 Å². The van der Waals surface area contributed by atoms with Crippen molar-refractivity contribution < 1.29 is 28.3 Å². The molecule has 0 fully saturated rings. The molecule has 210 valence electrons. The van der Waals surface area contributed by atoms with E-state index < -0.39 is 17.8 Å². The molecule has 4 aromatic rings. The van der Waals surface area contributed by atoms with Crippen LogP contribution in [-0.2, 0) is 27.2 Å². The highest BCUT2D eigenvalue weighted by atomic mass is 79.9. The summed E-state index contributed by atoms with van der Waals surface area (Å²) in [5, 5.41) is 3.44. The molecule has 0 saturated heterocycles. The number of fused-ring (bicyclic) bond motifs is 1. The minimum atomic E-state index is -0.538. The number of benzene rings is 2. The number of carbonyl (C=O) groups excluding carboxylic acids is 3. The summed E-state index contributed by atoms with van der Waals surface area (Å²) in [6, 6.07) is 12.7. The molecule has 0 atom stereocenters. The van der Waals surface area contributed by atoms with Crippen LogP contribution in [0.25, 0.3) is 22.3 Å². The van der Waals surface area contributed by atoms with Crippen molar-refractivity contribution in [1.29, 1.82) is 0 Å². The maximum atomic E-state index is 13.1. The number of hydrogen-bond acceptors (Lipinski definition) is 7. The van der Waals surface area contributed by atoms with Crippen LogP contribution < -0.4 is 5.32 Å². The largest absolute Gasteiger partial charge is 0.465 e. The lowest BCUT2D eigenvalue weighted by atomic mass is 10.0. The molecular formula is C29H29BrClN3O6. The maximum absolute atomic E-state index is 13.1. The molecule has 4 rings (SSSR count). The summed E-state index contributed by atoms with van der Waals surface area (Å²) in [6.07, 6.45) is 2.44. The van der Waals surface area contributed by atoms with Gasteiger partial charge in [0, 0.05) is 23.9 Å². The first-order chi connectivity index (χ1) is 19.3. The smallest absolute Gasteiger partial charge is 0.338 e. The number of rotatable bonds is 11. The number of aryl methyl sites for hydroxylation is 1. The number of halogens is 2. The van der Waals surface area contributed by atoms with Crippen LogP contribution in [0.1, 0.15) is 58.9 Å². The molecule has 1 N–H and O–H groups in total. The van der Waals surface area contributed by atoms with Crippen molar-refractivity contribution in [1.82, 2.24) is 14.9 Å². The van der Waals surface area contributed by atoms with E-state index in [-0.39, 0.29) is 24.0 Å². The first-order valence-corrected chi connectivity index (χ1v) is 14.0.